The molecule has 0 atom stereocenters. The summed E-state index contributed by atoms with van der Waals surface area (Å²) in [6.07, 6.45) is 0. The van der Waals surface area contributed by atoms with Crippen molar-refractivity contribution in [2.45, 2.75) is 0 Å². The van der Waals surface area contributed by atoms with Gasteiger partial charge in [0.1, 0.15) is 5.69 Å². The minimum atomic E-state index is -1.23. The SMILES string of the molecule is O=C(O)c1cc(-c2csc([N+](=O)[O-])c2)no1. The van der Waals surface area contributed by atoms with E-state index in [1.807, 2.05) is 0 Å². The summed E-state index contributed by atoms with van der Waals surface area (Å²) in [5.41, 5.74) is 0.731. The minimum absolute atomic E-state index is 0.0325. The maximum Gasteiger partial charge on any atom is 0.374 e. The Hall–Kier alpha value is -2.22. The Bertz CT molecular complexity index is 508. The highest BCUT2D eigenvalue weighted by molar-refractivity contribution is 7.13. The number of hydrogen-bond donors (Lipinski definition) is 1. The number of hydrogen-bond acceptors (Lipinski definition) is 6. The van der Waals surface area contributed by atoms with Gasteiger partial charge < -0.3 is 9.63 Å². The molecule has 0 spiro atoms. The van der Waals surface area contributed by atoms with Gasteiger partial charge in [-0.15, -0.1) is 0 Å². The molecule has 2 aromatic heterocycles. The van der Waals surface area contributed by atoms with Crippen LogP contribution in [0.15, 0.2) is 22.0 Å². The molecule has 0 fully saturated rings. The predicted octanol–water partition coefficient (Wildman–Crippen LogP) is 2.01. The van der Waals surface area contributed by atoms with Crippen molar-refractivity contribution in [3.05, 3.63) is 33.4 Å². The van der Waals surface area contributed by atoms with E-state index in [1.165, 1.54) is 17.5 Å². The van der Waals surface area contributed by atoms with Gasteiger partial charge in [-0.1, -0.05) is 16.5 Å². The number of carbonyl (C=O) groups is 1. The first-order valence-corrected chi connectivity index (χ1v) is 4.89. The fraction of sp³-hybridized carbons (Fsp3) is 0. The molecule has 0 aliphatic heterocycles. The zero-order valence-electron chi connectivity index (χ0n) is 7.61. The molecule has 0 aromatic carbocycles. The average Bonchev–Trinajstić information content (AvgIpc) is 2.86. The van der Waals surface area contributed by atoms with E-state index < -0.39 is 10.9 Å². The van der Waals surface area contributed by atoms with Crippen molar-refractivity contribution in [3.63, 3.8) is 0 Å². The van der Waals surface area contributed by atoms with Crippen LogP contribution in [0.2, 0.25) is 0 Å². The van der Waals surface area contributed by atoms with Crippen LogP contribution in [-0.2, 0) is 0 Å². The molecule has 0 amide bonds. The van der Waals surface area contributed by atoms with Crippen molar-refractivity contribution in [2.75, 3.05) is 0 Å². The Balaban J connectivity index is 2.35. The molecule has 7 nitrogen and oxygen atoms in total. The molecule has 2 aromatic rings. The van der Waals surface area contributed by atoms with Crippen LogP contribution >= 0.6 is 11.3 Å². The topological polar surface area (TPSA) is 106 Å². The summed E-state index contributed by atoms with van der Waals surface area (Å²) in [5.74, 6) is -1.53. The van der Waals surface area contributed by atoms with Gasteiger partial charge in [0.2, 0.25) is 5.76 Å². The first kappa shape index (κ1) is 10.3. The Morgan fingerprint density at radius 1 is 1.56 bits per heavy atom. The van der Waals surface area contributed by atoms with Crippen LogP contribution < -0.4 is 0 Å². The minimum Gasteiger partial charge on any atom is -0.475 e. The van der Waals surface area contributed by atoms with Crippen LogP contribution in [0.5, 0.6) is 0 Å². The van der Waals surface area contributed by atoms with E-state index in [-0.39, 0.29) is 16.5 Å². The predicted molar refractivity (Wildman–Crippen MR) is 53.4 cm³/mol. The highest BCUT2D eigenvalue weighted by atomic mass is 32.1. The Morgan fingerprint density at radius 3 is 2.81 bits per heavy atom. The fourth-order valence-corrected chi connectivity index (χ4v) is 1.78. The molecule has 0 radical (unpaired) electrons. The Morgan fingerprint density at radius 2 is 2.31 bits per heavy atom. The van der Waals surface area contributed by atoms with E-state index in [0.29, 0.717) is 5.56 Å². The molecule has 0 saturated heterocycles. The summed E-state index contributed by atoms with van der Waals surface area (Å²) in [7, 11) is 0. The van der Waals surface area contributed by atoms with Gasteiger partial charge in [-0.25, -0.2) is 4.79 Å². The first-order valence-electron chi connectivity index (χ1n) is 4.01. The average molecular weight is 240 g/mol. The lowest BCUT2D eigenvalue weighted by Gasteiger charge is -1.83. The summed E-state index contributed by atoms with van der Waals surface area (Å²) in [4.78, 5) is 20.4. The number of nitro groups is 1. The second kappa shape index (κ2) is 3.74. The Kier molecular flexibility index (Phi) is 2.41. The monoisotopic (exact) mass is 240 g/mol. The number of aromatic nitrogens is 1. The first-order chi connectivity index (χ1) is 7.58. The van der Waals surface area contributed by atoms with Crippen molar-refractivity contribution in [2.24, 2.45) is 0 Å². The third kappa shape index (κ3) is 1.77. The van der Waals surface area contributed by atoms with Crippen LogP contribution in [0.4, 0.5) is 5.00 Å². The van der Waals surface area contributed by atoms with Gasteiger partial charge in [0, 0.05) is 23.1 Å². The lowest BCUT2D eigenvalue weighted by Crippen LogP contribution is -1.91. The number of carboxylic acid groups (broad SMARTS) is 1. The molecule has 0 unspecified atom stereocenters. The largest absolute Gasteiger partial charge is 0.475 e. The fourth-order valence-electron chi connectivity index (χ4n) is 1.07. The van der Waals surface area contributed by atoms with Crippen LogP contribution in [-0.4, -0.2) is 21.2 Å². The molecule has 1 N–H and O–H groups in total. The zero-order chi connectivity index (χ0) is 11.7. The molecule has 0 bridgehead atoms. The maximum absolute atomic E-state index is 10.5. The summed E-state index contributed by atoms with van der Waals surface area (Å²) in [6, 6.07) is 2.53. The van der Waals surface area contributed by atoms with Gasteiger partial charge in [-0.05, 0) is 0 Å². The van der Waals surface area contributed by atoms with Crippen LogP contribution in [0.3, 0.4) is 0 Å². The second-order valence-corrected chi connectivity index (χ2v) is 3.70. The third-order valence-corrected chi connectivity index (χ3v) is 2.66. The van der Waals surface area contributed by atoms with E-state index in [2.05, 4.69) is 9.68 Å². The molecule has 0 aliphatic rings. The summed E-state index contributed by atoms with van der Waals surface area (Å²) in [6.45, 7) is 0. The van der Waals surface area contributed by atoms with Crippen molar-refractivity contribution >= 4 is 22.3 Å². The van der Waals surface area contributed by atoms with Crippen molar-refractivity contribution in [1.82, 2.24) is 5.16 Å². The van der Waals surface area contributed by atoms with Crippen LogP contribution in [0, 0.1) is 10.1 Å². The smallest absolute Gasteiger partial charge is 0.374 e. The summed E-state index contributed by atoms with van der Waals surface area (Å²) < 4.78 is 4.54. The van der Waals surface area contributed by atoms with Gasteiger partial charge in [0.15, 0.2) is 0 Å². The normalized spacial score (nSPS) is 10.2. The van der Waals surface area contributed by atoms with E-state index in [1.54, 1.807) is 0 Å². The number of rotatable bonds is 3. The zero-order valence-corrected chi connectivity index (χ0v) is 8.43. The number of aromatic carboxylic acids is 1. The lowest BCUT2D eigenvalue weighted by molar-refractivity contribution is -0.380. The van der Waals surface area contributed by atoms with Gasteiger partial charge in [0.05, 0.1) is 4.92 Å². The molecular weight excluding hydrogens is 236 g/mol. The highest BCUT2D eigenvalue weighted by Gasteiger charge is 2.16. The molecule has 0 aliphatic carbocycles. The quantitative estimate of drug-likeness (QED) is 0.649. The van der Waals surface area contributed by atoms with E-state index in [0.717, 1.165) is 11.3 Å². The van der Waals surface area contributed by atoms with Crippen molar-refractivity contribution in [1.29, 1.82) is 0 Å². The van der Waals surface area contributed by atoms with Gasteiger partial charge in [-0.3, -0.25) is 10.1 Å². The van der Waals surface area contributed by atoms with Crippen molar-refractivity contribution in [3.8, 4) is 11.3 Å². The molecule has 2 rings (SSSR count). The summed E-state index contributed by atoms with van der Waals surface area (Å²) >= 11 is 0.942. The van der Waals surface area contributed by atoms with E-state index in [9.17, 15) is 14.9 Å². The number of nitrogens with zero attached hydrogens (tertiary/aromatic N) is 2. The summed E-state index contributed by atoms with van der Waals surface area (Å²) in [5, 5.41) is 24.0. The number of carboxylic acids is 1. The molecule has 82 valence electrons. The van der Waals surface area contributed by atoms with Gasteiger partial charge >= 0.3 is 11.0 Å². The molecule has 0 saturated carbocycles. The number of thiophene rings is 1. The van der Waals surface area contributed by atoms with Crippen LogP contribution in [0.25, 0.3) is 11.3 Å². The van der Waals surface area contributed by atoms with Gasteiger partial charge in [0.25, 0.3) is 0 Å². The lowest BCUT2D eigenvalue weighted by atomic mass is 10.2. The Labute approximate surface area is 92.1 Å². The van der Waals surface area contributed by atoms with Gasteiger partial charge in [-0.2, -0.15) is 0 Å². The maximum atomic E-state index is 10.5. The standard InChI is InChI=1S/C8H4N2O5S/c11-8(12)6-2-5(9-15-6)4-1-7(10(13)14)16-3-4/h1-3H,(H,11,12). The molecule has 16 heavy (non-hydrogen) atoms. The molecule has 8 heteroatoms. The van der Waals surface area contributed by atoms with E-state index in [4.69, 9.17) is 5.11 Å². The molecular formula is C8H4N2O5S. The van der Waals surface area contributed by atoms with E-state index >= 15 is 0 Å². The highest BCUT2D eigenvalue weighted by Crippen LogP contribution is 2.29. The van der Waals surface area contributed by atoms with Crippen molar-refractivity contribution < 1.29 is 19.3 Å². The molecule has 2 heterocycles. The van der Waals surface area contributed by atoms with Crippen LogP contribution in [0.1, 0.15) is 10.6 Å². The second-order valence-electron chi connectivity index (χ2n) is 2.81. The third-order valence-electron chi connectivity index (χ3n) is 1.78.